The summed E-state index contributed by atoms with van der Waals surface area (Å²) in [5.74, 6) is -0.0728. The van der Waals surface area contributed by atoms with E-state index in [0.717, 1.165) is 43.4 Å². The summed E-state index contributed by atoms with van der Waals surface area (Å²) in [6, 6.07) is 8.57. The lowest BCUT2D eigenvalue weighted by Crippen LogP contribution is -2.43. The van der Waals surface area contributed by atoms with E-state index in [1.807, 2.05) is 31.2 Å². The number of nitrogens with zero attached hydrogens (tertiary/aromatic N) is 3. The summed E-state index contributed by atoms with van der Waals surface area (Å²) in [6.45, 7) is 4.19. The Kier molecular flexibility index (Phi) is 5.67. The number of rotatable bonds is 6. The Morgan fingerprint density at radius 2 is 1.82 bits per heavy atom. The van der Waals surface area contributed by atoms with Crippen LogP contribution in [0.2, 0.25) is 0 Å². The van der Waals surface area contributed by atoms with Crippen molar-refractivity contribution in [3.63, 3.8) is 0 Å². The number of carboxylic acid groups (broad SMARTS) is 1. The molecule has 1 aromatic carbocycles. The second-order valence-corrected chi connectivity index (χ2v) is 7.88. The number of hydrogen-bond donors (Lipinski definition) is 1. The second-order valence-electron chi connectivity index (χ2n) is 7.88. The molecule has 150 valence electrons. The summed E-state index contributed by atoms with van der Waals surface area (Å²) in [6.07, 6.45) is 10.1. The molecule has 28 heavy (non-hydrogen) atoms. The van der Waals surface area contributed by atoms with Crippen molar-refractivity contribution in [3.05, 3.63) is 41.7 Å². The van der Waals surface area contributed by atoms with Gasteiger partial charge in [-0.15, -0.1) is 0 Å². The number of aryl methyl sites for hydroxylation is 1. The molecule has 4 rings (SSSR count). The minimum atomic E-state index is -0.938. The first kappa shape index (κ1) is 19.0. The van der Waals surface area contributed by atoms with E-state index in [0.29, 0.717) is 12.1 Å². The van der Waals surface area contributed by atoms with Gasteiger partial charge in [-0.2, -0.15) is 5.10 Å². The third-order valence-electron chi connectivity index (χ3n) is 6.08. The van der Waals surface area contributed by atoms with Crippen LogP contribution >= 0.6 is 0 Å². The van der Waals surface area contributed by atoms with Crippen molar-refractivity contribution in [1.82, 2.24) is 14.7 Å². The Hall–Kier alpha value is -2.34. The molecule has 2 aliphatic rings. The van der Waals surface area contributed by atoms with Gasteiger partial charge >= 0.3 is 5.97 Å². The summed E-state index contributed by atoms with van der Waals surface area (Å²) >= 11 is 0. The van der Waals surface area contributed by atoms with Gasteiger partial charge in [0.25, 0.3) is 0 Å². The summed E-state index contributed by atoms with van der Waals surface area (Å²) in [5.41, 5.74) is 1.70. The summed E-state index contributed by atoms with van der Waals surface area (Å²) in [5, 5.41) is 13.7. The van der Waals surface area contributed by atoms with Crippen LogP contribution in [-0.2, 0) is 6.42 Å². The zero-order valence-electron chi connectivity index (χ0n) is 16.5. The number of ether oxygens (including phenoxy) is 1. The molecule has 0 radical (unpaired) electrons. The maximum Gasteiger partial charge on any atom is 0.339 e. The Morgan fingerprint density at radius 3 is 2.39 bits per heavy atom. The van der Waals surface area contributed by atoms with Crippen LogP contribution in [0.15, 0.2) is 30.5 Å². The molecular weight excluding hydrogens is 354 g/mol. The minimum absolute atomic E-state index is 0.261. The van der Waals surface area contributed by atoms with Crippen molar-refractivity contribution >= 4 is 5.97 Å². The lowest BCUT2D eigenvalue weighted by molar-refractivity contribution is 0.0695. The molecule has 1 aromatic heterocycles. The predicted octanol–water partition coefficient (Wildman–Crippen LogP) is 3.92. The largest absolute Gasteiger partial charge is 0.490 e. The van der Waals surface area contributed by atoms with E-state index in [1.54, 1.807) is 10.9 Å². The molecule has 6 heteroatoms. The first-order chi connectivity index (χ1) is 13.6. The molecule has 0 amide bonds. The van der Waals surface area contributed by atoms with Crippen LogP contribution in [0.25, 0.3) is 5.69 Å². The highest BCUT2D eigenvalue weighted by Gasteiger charge is 2.27. The van der Waals surface area contributed by atoms with E-state index in [2.05, 4.69) is 10.00 Å². The van der Waals surface area contributed by atoms with Crippen LogP contribution in [0.4, 0.5) is 0 Å². The number of carboxylic acids is 1. The summed E-state index contributed by atoms with van der Waals surface area (Å²) in [4.78, 5) is 14.0. The van der Waals surface area contributed by atoms with Gasteiger partial charge in [-0.1, -0.05) is 19.8 Å². The van der Waals surface area contributed by atoms with Crippen LogP contribution in [0, 0.1) is 0 Å². The molecule has 1 aliphatic carbocycles. The van der Waals surface area contributed by atoms with Crippen molar-refractivity contribution < 1.29 is 14.6 Å². The number of likely N-dealkylation sites (tertiary alicyclic amines) is 1. The number of carbonyl (C=O) groups is 1. The number of aromatic carboxylic acids is 1. The van der Waals surface area contributed by atoms with E-state index >= 15 is 0 Å². The molecule has 2 fully saturated rings. The molecule has 0 bridgehead atoms. The SMILES string of the molecule is CCc1nn(-c2ccc(OC3CCN(C4CCCC4)CC3)cc2)cc1C(=O)O. The van der Waals surface area contributed by atoms with Gasteiger partial charge in [0.2, 0.25) is 0 Å². The molecule has 1 saturated carbocycles. The predicted molar refractivity (Wildman–Crippen MR) is 107 cm³/mol. The van der Waals surface area contributed by atoms with Gasteiger partial charge < -0.3 is 14.7 Å². The van der Waals surface area contributed by atoms with Gasteiger partial charge in [0.05, 0.1) is 11.4 Å². The Labute approximate surface area is 166 Å². The van der Waals surface area contributed by atoms with E-state index in [9.17, 15) is 9.90 Å². The third kappa shape index (κ3) is 4.07. The van der Waals surface area contributed by atoms with Crippen molar-refractivity contribution in [2.45, 2.75) is 64.0 Å². The Morgan fingerprint density at radius 1 is 1.14 bits per heavy atom. The van der Waals surface area contributed by atoms with Crippen LogP contribution in [0.1, 0.15) is 61.5 Å². The molecule has 2 aromatic rings. The normalized spacial score (nSPS) is 19.2. The smallest absolute Gasteiger partial charge is 0.339 e. The van der Waals surface area contributed by atoms with Gasteiger partial charge in [-0.25, -0.2) is 9.48 Å². The molecular formula is C22H29N3O3. The van der Waals surface area contributed by atoms with Crippen molar-refractivity contribution in [2.75, 3.05) is 13.1 Å². The fraction of sp³-hybridized carbons (Fsp3) is 0.545. The molecule has 2 heterocycles. The van der Waals surface area contributed by atoms with Crippen molar-refractivity contribution in [3.8, 4) is 11.4 Å². The summed E-state index contributed by atoms with van der Waals surface area (Å²) in [7, 11) is 0. The van der Waals surface area contributed by atoms with Crippen LogP contribution < -0.4 is 4.74 Å². The highest BCUT2D eigenvalue weighted by molar-refractivity contribution is 5.88. The monoisotopic (exact) mass is 383 g/mol. The van der Waals surface area contributed by atoms with E-state index < -0.39 is 5.97 Å². The molecule has 1 N–H and O–H groups in total. The third-order valence-corrected chi connectivity index (χ3v) is 6.08. The van der Waals surface area contributed by atoms with Crippen molar-refractivity contribution in [2.24, 2.45) is 0 Å². The number of hydrogen-bond acceptors (Lipinski definition) is 4. The zero-order valence-corrected chi connectivity index (χ0v) is 16.5. The van der Waals surface area contributed by atoms with Crippen LogP contribution in [0.3, 0.4) is 0 Å². The highest BCUT2D eigenvalue weighted by Crippen LogP contribution is 2.27. The van der Waals surface area contributed by atoms with E-state index in [1.165, 1.54) is 25.7 Å². The van der Waals surface area contributed by atoms with Gasteiger partial charge in [-0.05, 0) is 56.4 Å². The summed E-state index contributed by atoms with van der Waals surface area (Å²) < 4.78 is 7.83. The highest BCUT2D eigenvalue weighted by atomic mass is 16.5. The standard InChI is InChI=1S/C22H29N3O3/c1-2-21-20(22(26)27)15-25(23-21)17-7-9-18(10-8-17)28-19-11-13-24(14-12-19)16-5-3-4-6-16/h7-10,15-16,19H,2-6,11-14H2,1H3,(H,26,27). The average molecular weight is 383 g/mol. The van der Waals surface area contributed by atoms with E-state index in [-0.39, 0.29) is 11.7 Å². The van der Waals surface area contributed by atoms with E-state index in [4.69, 9.17) is 4.74 Å². The molecule has 1 aliphatic heterocycles. The Balaban J connectivity index is 1.36. The molecule has 6 nitrogen and oxygen atoms in total. The number of piperidine rings is 1. The average Bonchev–Trinajstić information content (AvgIpc) is 3.39. The van der Waals surface area contributed by atoms with Gasteiger partial charge in [0.15, 0.2) is 0 Å². The van der Waals surface area contributed by atoms with Gasteiger partial charge in [-0.3, -0.25) is 0 Å². The fourth-order valence-electron chi connectivity index (χ4n) is 4.48. The first-order valence-corrected chi connectivity index (χ1v) is 10.5. The quantitative estimate of drug-likeness (QED) is 0.819. The maximum absolute atomic E-state index is 11.3. The zero-order chi connectivity index (χ0) is 19.5. The number of benzene rings is 1. The lowest BCUT2D eigenvalue weighted by Gasteiger charge is -2.36. The van der Waals surface area contributed by atoms with Gasteiger partial charge in [0, 0.05) is 25.3 Å². The molecule has 0 atom stereocenters. The fourth-order valence-corrected chi connectivity index (χ4v) is 4.48. The first-order valence-electron chi connectivity index (χ1n) is 10.5. The van der Waals surface area contributed by atoms with Crippen molar-refractivity contribution in [1.29, 1.82) is 0 Å². The minimum Gasteiger partial charge on any atom is -0.490 e. The second kappa shape index (κ2) is 8.35. The van der Waals surface area contributed by atoms with Crippen LogP contribution in [-0.4, -0.2) is 51.0 Å². The number of aromatic nitrogens is 2. The molecule has 1 saturated heterocycles. The van der Waals surface area contributed by atoms with Crippen LogP contribution in [0.5, 0.6) is 5.75 Å². The topological polar surface area (TPSA) is 67.6 Å². The lowest BCUT2D eigenvalue weighted by atomic mass is 10.0. The molecule has 0 unspecified atom stereocenters. The molecule has 0 spiro atoms. The maximum atomic E-state index is 11.3. The Bertz CT molecular complexity index is 801. The van der Waals surface area contributed by atoms with Gasteiger partial charge in [0.1, 0.15) is 17.4 Å².